The molecule has 1 unspecified atom stereocenters. The topological polar surface area (TPSA) is 144 Å². The van der Waals surface area contributed by atoms with Crippen molar-refractivity contribution in [1.29, 1.82) is 0 Å². The van der Waals surface area contributed by atoms with Crippen LogP contribution >= 0.6 is 0 Å². The van der Waals surface area contributed by atoms with E-state index < -0.39 is 22.8 Å². The number of esters is 2. The maximum atomic E-state index is 13.4. The van der Waals surface area contributed by atoms with Crippen molar-refractivity contribution in [2.45, 2.75) is 19.8 Å². The first-order chi connectivity index (χ1) is 18.7. The minimum atomic E-state index is -0.915. The molecule has 0 aliphatic carbocycles. The van der Waals surface area contributed by atoms with Gasteiger partial charge in [0.15, 0.2) is 5.76 Å². The number of carbonyl (C=O) groups excluding carboxylic acids is 3. The number of methoxy groups -OCH3 is 1. The lowest BCUT2D eigenvalue weighted by Gasteiger charge is -2.34. The van der Waals surface area contributed by atoms with Crippen LogP contribution in [0.4, 0.5) is 5.69 Å². The number of dihydropyridines is 1. The number of benzene rings is 1. The summed E-state index contributed by atoms with van der Waals surface area (Å²) in [6.07, 6.45) is 1.46. The molecule has 2 aliphatic heterocycles. The maximum Gasteiger partial charge on any atom is 0.336 e. The van der Waals surface area contributed by atoms with E-state index in [-0.39, 0.29) is 29.3 Å². The van der Waals surface area contributed by atoms with Gasteiger partial charge in [-0.25, -0.2) is 9.59 Å². The van der Waals surface area contributed by atoms with Gasteiger partial charge in [-0.3, -0.25) is 19.8 Å². The number of nitro benzene ring substituents is 1. The third kappa shape index (κ3) is 6.01. The molecule has 1 atom stereocenters. The number of nitrogens with zero attached hydrogens (tertiary/aromatic N) is 3. The fraction of sp³-hybridized carbons (Fsp3) is 0.370. The number of carbonyl (C=O) groups is 3. The minimum absolute atomic E-state index is 0.0830. The summed E-state index contributed by atoms with van der Waals surface area (Å²) < 4.78 is 15.8. The number of nitro groups is 1. The zero-order valence-corrected chi connectivity index (χ0v) is 22.0. The summed E-state index contributed by atoms with van der Waals surface area (Å²) >= 11 is 0. The molecule has 1 saturated heterocycles. The van der Waals surface area contributed by atoms with E-state index in [1.807, 2.05) is 0 Å². The van der Waals surface area contributed by atoms with Gasteiger partial charge in [0.1, 0.15) is 6.61 Å². The van der Waals surface area contributed by atoms with Gasteiger partial charge in [-0.2, -0.15) is 0 Å². The third-order valence-electron chi connectivity index (χ3n) is 6.83. The van der Waals surface area contributed by atoms with Crippen molar-refractivity contribution in [3.63, 3.8) is 0 Å². The molecule has 1 N–H and O–H groups in total. The van der Waals surface area contributed by atoms with Crippen molar-refractivity contribution in [1.82, 2.24) is 15.1 Å². The first kappa shape index (κ1) is 27.6. The van der Waals surface area contributed by atoms with Crippen LogP contribution in [0.25, 0.3) is 0 Å². The highest BCUT2D eigenvalue weighted by molar-refractivity contribution is 6.00. The number of hydrogen-bond acceptors (Lipinski definition) is 10. The van der Waals surface area contributed by atoms with Crippen molar-refractivity contribution in [2.24, 2.45) is 0 Å². The Morgan fingerprint density at radius 3 is 2.36 bits per heavy atom. The summed E-state index contributed by atoms with van der Waals surface area (Å²) in [5.41, 5.74) is 1.54. The molecule has 2 aliphatic rings. The van der Waals surface area contributed by atoms with Crippen LogP contribution in [0.5, 0.6) is 0 Å². The van der Waals surface area contributed by atoms with E-state index in [4.69, 9.17) is 13.9 Å². The molecule has 1 aromatic heterocycles. The molecule has 206 valence electrons. The van der Waals surface area contributed by atoms with Crippen molar-refractivity contribution in [3.8, 4) is 0 Å². The summed E-state index contributed by atoms with van der Waals surface area (Å²) in [6, 6.07) is 9.13. The molecule has 12 nitrogen and oxygen atoms in total. The molecular formula is C27H30N4O8. The Bertz CT molecular complexity index is 1320. The van der Waals surface area contributed by atoms with Crippen molar-refractivity contribution in [2.75, 3.05) is 46.4 Å². The van der Waals surface area contributed by atoms with Gasteiger partial charge in [0, 0.05) is 56.3 Å². The average Bonchev–Trinajstić information content (AvgIpc) is 3.47. The number of piperazine rings is 1. The average molecular weight is 539 g/mol. The standard InChI is InChI=1S/C27H30N4O8/c1-17-22(26(33)37-3)24(19-6-4-7-20(16-19)31(35)36)23(18(2)28-17)27(34)39-15-13-29-9-11-30(12-10-29)25(32)21-8-5-14-38-21/h4-8,14,16,24,28H,9-13,15H2,1-3H3. The SMILES string of the molecule is COC(=O)C1=C(C)NC(C)=C(C(=O)OCCN2CCN(C(=O)c3ccco3)CC2)C1c1cccc([N+](=O)[O-])c1. The second kappa shape index (κ2) is 11.9. The Balaban J connectivity index is 1.44. The highest BCUT2D eigenvalue weighted by Gasteiger charge is 2.38. The van der Waals surface area contributed by atoms with E-state index >= 15 is 0 Å². The van der Waals surface area contributed by atoms with Crippen LogP contribution < -0.4 is 5.32 Å². The van der Waals surface area contributed by atoms with Crippen LogP contribution in [-0.4, -0.2) is 79.0 Å². The Morgan fingerprint density at radius 2 is 1.74 bits per heavy atom. The number of amides is 1. The molecule has 1 fully saturated rings. The van der Waals surface area contributed by atoms with Gasteiger partial charge in [0.2, 0.25) is 0 Å². The molecule has 0 saturated carbocycles. The summed E-state index contributed by atoms with van der Waals surface area (Å²) in [7, 11) is 1.23. The monoisotopic (exact) mass is 538 g/mol. The zero-order valence-electron chi connectivity index (χ0n) is 22.0. The largest absolute Gasteiger partial charge is 0.466 e. The lowest BCUT2D eigenvalue weighted by Crippen LogP contribution is -2.49. The highest BCUT2D eigenvalue weighted by Crippen LogP contribution is 2.40. The van der Waals surface area contributed by atoms with Gasteiger partial charge in [-0.1, -0.05) is 12.1 Å². The van der Waals surface area contributed by atoms with E-state index in [0.29, 0.717) is 55.4 Å². The number of rotatable bonds is 8. The van der Waals surface area contributed by atoms with Crippen molar-refractivity contribution < 1.29 is 33.2 Å². The number of non-ortho nitro benzene ring substituents is 1. The first-order valence-electron chi connectivity index (χ1n) is 12.4. The maximum absolute atomic E-state index is 13.4. The molecule has 0 radical (unpaired) electrons. The predicted octanol–water partition coefficient (Wildman–Crippen LogP) is 2.60. The van der Waals surface area contributed by atoms with Gasteiger partial charge in [-0.15, -0.1) is 0 Å². The van der Waals surface area contributed by atoms with E-state index in [1.54, 1.807) is 36.9 Å². The molecule has 1 amide bonds. The second-order valence-corrected chi connectivity index (χ2v) is 9.23. The van der Waals surface area contributed by atoms with Crippen LogP contribution in [0.15, 0.2) is 69.6 Å². The normalized spacial score (nSPS) is 18.0. The summed E-state index contributed by atoms with van der Waals surface area (Å²) in [6.45, 7) is 6.16. The second-order valence-electron chi connectivity index (χ2n) is 9.23. The van der Waals surface area contributed by atoms with Gasteiger partial charge in [0.05, 0.1) is 35.4 Å². The molecule has 0 bridgehead atoms. The van der Waals surface area contributed by atoms with Gasteiger partial charge >= 0.3 is 11.9 Å². The predicted molar refractivity (Wildman–Crippen MR) is 138 cm³/mol. The highest BCUT2D eigenvalue weighted by atomic mass is 16.6. The van der Waals surface area contributed by atoms with E-state index in [0.717, 1.165) is 0 Å². The fourth-order valence-electron chi connectivity index (χ4n) is 4.87. The molecule has 12 heteroatoms. The summed E-state index contributed by atoms with van der Waals surface area (Å²) in [5.74, 6) is -2.07. The molecule has 39 heavy (non-hydrogen) atoms. The fourth-order valence-corrected chi connectivity index (χ4v) is 4.87. The van der Waals surface area contributed by atoms with Gasteiger partial charge < -0.3 is 24.1 Å². The third-order valence-corrected chi connectivity index (χ3v) is 6.83. The molecular weight excluding hydrogens is 508 g/mol. The molecule has 0 spiro atoms. The Kier molecular flexibility index (Phi) is 8.45. The Hall–Kier alpha value is -4.45. The Labute approximate surface area is 225 Å². The quantitative estimate of drug-likeness (QED) is 0.302. The number of hydrogen-bond donors (Lipinski definition) is 1. The minimum Gasteiger partial charge on any atom is -0.466 e. The van der Waals surface area contributed by atoms with Crippen molar-refractivity contribution in [3.05, 3.63) is 86.6 Å². The number of ether oxygens (including phenoxy) is 2. The van der Waals surface area contributed by atoms with Crippen LogP contribution in [-0.2, 0) is 19.1 Å². The first-order valence-corrected chi connectivity index (χ1v) is 12.4. The number of nitrogens with one attached hydrogen (secondary N) is 1. The van der Waals surface area contributed by atoms with Gasteiger partial charge in [-0.05, 0) is 31.5 Å². The summed E-state index contributed by atoms with van der Waals surface area (Å²) in [5, 5.41) is 14.5. The van der Waals surface area contributed by atoms with Crippen LogP contribution in [0.3, 0.4) is 0 Å². The number of furan rings is 1. The van der Waals surface area contributed by atoms with Crippen LogP contribution in [0, 0.1) is 10.1 Å². The molecule has 2 aromatic rings. The van der Waals surface area contributed by atoms with Gasteiger partial charge in [0.25, 0.3) is 11.6 Å². The molecule has 3 heterocycles. The van der Waals surface area contributed by atoms with E-state index in [1.165, 1.54) is 31.6 Å². The lowest BCUT2D eigenvalue weighted by atomic mass is 9.80. The smallest absolute Gasteiger partial charge is 0.336 e. The van der Waals surface area contributed by atoms with Crippen LogP contribution in [0.1, 0.15) is 35.9 Å². The molecule has 1 aromatic carbocycles. The zero-order chi connectivity index (χ0) is 28.1. The Morgan fingerprint density at radius 1 is 1.05 bits per heavy atom. The van der Waals surface area contributed by atoms with Crippen molar-refractivity contribution >= 4 is 23.5 Å². The number of allylic oxidation sites excluding steroid dienone is 2. The lowest BCUT2D eigenvalue weighted by molar-refractivity contribution is -0.384. The van der Waals surface area contributed by atoms with Crippen LogP contribution in [0.2, 0.25) is 0 Å². The molecule has 4 rings (SSSR count). The summed E-state index contributed by atoms with van der Waals surface area (Å²) in [4.78, 5) is 53.3. The van der Waals surface area contributed by atoms with E-state index in [2.05, 4.69) is 10.2 Å². The van der Waals surface area contributed by atoms with E-state index in [9.17, 15) is 24.5 Å².